The van der Waals surface area contributed by atoms with E-state index >= 15 is 0 Å². The summed E-state index contributed by atoms with van der Waals surface area (Å²) in [5, 5.41) is 4.66. The van der Waals surface area contributed by atoms with Gasteiger partial charge in [-0.3, -0.25) is 0 Å². The van der Waals surface area contributed by atoms with Gasteiger partial charge < -0.3 is 5.32 Å². The standard InChI is InChI=1S/C17H25NS/c1-13-5-4-6-14(9-13)15-10-16(11-15)18-12-17-7-2-3-8-19-17/h4-6,9,15-18H,2-3,7-8,10-12H2,1H3. The minimum atomic E-state index is 0.771. The van der Waals surface area contributed by atoms with E-state index in [0.717, 1.165) is 17.2 Å². The van der Waals surface area contributed by atoms with Gasteiger partial charge in [-0.05, 0) is 49.8 Å². The third kappa shape index (κ3) is 3.55. The highest BCUT2D eigenvalue weighted by molar-refractivity contribution is 7.99. The average molecular weight is 275 g/mol. The van der Waals surface area contributed by atoms with Crippen LogP contribution >= 0.6 is 11.8 Å². The average Bonchev–Trinajstić information content (AvgIpc) is 2.38. The Morgan fingerprint density at radius 3 is 2.89 bits per heavy atom. The second kappa shape index (κ2) is 6.32. The first-order valence-corrected chi connectivity index (χ1v) is 8.77. The molecule has 0 bridgehead atoms. The van der Waals surface area contributed by atoms with E-state index in [1.165, 1.54) is 50.0 Å². The highest BCUT2D eigenvalue weighted by Gasteiger charge is 2.30. The van der Waals surface area contributed by atoms with Crippen LogP contribution in [0.4, 0.5) is 0 Å². The number of hydrogen-bond acceptors (Lipinski definition) is 2. The summed E-state index contributed by atoms with van der Waals surface area (Å²) in [6.45, 7) is 3.42. The number of hydrogen-bond donors (Lipinski definition) is 1. The molecule has 19 heavy (non-hydrogen) atoms. The highest BCUT2D eigenvalue weighted by Crippen LogP contribution is 2.37. The maximum atomic E-state index is 3.78. The Morgan fingerprint density at radius 1 is 1.26 bits per heavy atom. The van der Waals surface area contributed by atoms with Crippen LogP contribution in [-0.2, 0) is 0 Å². The molecule has 1 aliphatic heterocycles. The molecule has 2 fully saturated rings. The molecule has 104 valence electrons. The molecule has 0 radical (unpaired) electrons. The van der Waals surface area contributed by atoms with Crippen molar-refractivity contribution in [3.05, 3.63) is 35.4 Å². The van der Waals surface area contributed by atoms with Crippen LogP contribution in [0.3, 0.4) is 0 Å². The molecular formula is C17H25NS. The molecule has 0 spiro atoms. The van der Waals surface area contributed by atoms with Gasteiger partial charge >= 0.3 is 0 Å². The third-order valence-electron chi connectivity index (χ3n) is 4.56. The number of thioether (sulfide) groups is 1. The molecule has 1 aromatic carbocycles. The fourth-order valence-corrected chi connectivity index (χ4v) is 4.50. The van der Waals surface area contributed by atoms with Crippen molar-refractivity contribution in [1.82, 2.24) is 5.32 Å². The van der Waals surface area contributed by atoms with Crippen molar-refractivity contribution in [3.63, 3.8) is 0 Å². The van der Waals surface area contributed by atoms with E-state index in [1.54, 1.807) is 5.56 Å². The van der Waals surface area contributed by atoms with E-state index in [-0.39, 0.29) is 0 Å². The lowest BCUT2D eigenvalue weighted by atomic mass is 9.75. The van der Waals surface area contributed by atoms with Crippen LogP contribution in [0.1, 0.15) is 49.1 Å². The Morgan fingerprint density at radius 2 is 2.16 bits per heavy atom. The van der Waals surface area contributed by atoms with Crippen molar-refractivity contribution in [2.75, 3.05) is 12.3 Å². The molecule has 1 atom stereocenters. The maximum absolute atomic E-state index is 3.78. The van der Waals surface area contributed by atoms with Gasteiger partial charge in [-0.1, -0.05) is 36.2 Å². The lowest BCUT2D eigenvalue weighted by Gasteiger charge is -2.37. The zero-order chi connectivity index (χ0) is 13.1. The van der Waals surface area contributed by atoms with E-state index in [4.69, 9.17) is 0 Å². The molecule has 3 rings (SSSR count). The lowest BCUT2D eigenvalue weighted by Crippen LogP contribution is -2.43. The highest BCUT2D eigenvalue weighted by atomic mass is 32.2. The molecule has 1 saturated heterocycles. The van der Waals surface area contributed by atoms with E-state index < -0.39 is 0 Å². The summed E-state index contributed by atoms with van der Waals surface area (Å²) in [5.74, 6) is 2.18. The zero-order valence-electron chi connectivity index (χ0n) is 11.9. The summed E-state index contributed by atoms with van der Waals surface area (Å²) in [5.41, 5.74) is 2.94. The molecule has 1 heterocycles. The van der Waals surface area contributed by atoms with Gasteiger partial charge in [0.15, 0.2) is 0 Å². The Bertz CT molecular complexity index is 405. The topological polar surface area (TPSA) is 12.0 Å². The molecule has 1 N–H and O–H groups in total. The molecular weight excluding hydrogens is 250 g/mol. The first-order valence-electron chi connectivity index (χ1n) is 7.73. The van der Waals surface area contributed by atoms with Crippen LogP contribution in [0.2, 0.25) is 0 Å². The molecule has 0 amide bonds. The molecule has 1 unspecified atom stereocenters. The second-order valence-electron chi connectivity index (χ2n) is 6.18. The SMILES string of the molecule is Cc1cccc(C2CC(NCC3CCCCS3)C2)c1. The molecule has 1 nitrogen and oxygen atoms in total. The monoisotopic (exact) mass is 275 g/mol. The Hall–Kier alpha value is -0.470. The number of benzene rings is 1. The largest absolute Gasteiger partial charge is 0.313 e. The summed E-state index contributed by atoms with van der Waals surface area (Å²) in [4.78, 5) is 0. The first kappa shape index (κ1) is 13.5. The Balaban J connectivity index is 1.40. The van der Waals surface area contributed by atoms with Crippen molar-refractivity contribution in [2.45, 2.75) is 56.2 Å². The van der Waals surface area contributed by atoms with E-state index in [1.807, 2.05) is 0 Å². The van der Waals surface area contributed by atoms with Crippen LogP contribution < -0.4 is 5.32 Å². The third-order valence-corrected chi connectivity index (χ3v) is 5.96. The fraction of sp³-hybridized carbons (Fsp3) is 0.647. The van der Waals surface area contributed by atoms with Crippen LogP contribution in [0, 0.1) is 6.92 Å². The summed E-state index contributed by atoms with van der Waals surface area (Å²) >= 11 is 2.18. The van der Waals surface area contributed by atoms with Gasteiger partial charge in [0, 0.05) is 17.8 Å². The Kier molecular flexibility index (Phi) is 4.49. The fourth-order valence-electron chi connectivity index (χ4n) is 3.25. The van der Waals surface area contributed by atoms with Crippen LogP contribution in [0.5, 0.6) is 0 Å². The van der Waals surface area contributed by atoms with Gasteiger partial charge in [-0.2, -0.15) is 11.8 Å². The van der Waals surface area contributed by atoms with Crippen molar-refractivity contribution < 1.29 is 0 Å². The Labute approximate surface area is 121 Å². The van der Waals surface area contributed by atoms with Gasteiger partial charge in [0.1, 0.15) is 0 Å². The zero-order valence-corrected chi connectivity index (χ0v) is 12.7. The van der Waals surface area contributed by atoms with Crippen LogP contribution in [-0.4, -0.2) is 23.6 Å². The minimum absolute atomic E-state index is 0.771. The number of rotatable bonds is 4. The summed E-state index contributed by atoms with van der Waals surface area (Å²) in [6.07, 6.45) is 6.96. The second-order valence-corrected chi connectivity index (χ2v) is 7.58. The van der Waals surface area contributed by atoms with Gasteiger partial charge in [0.05, 0.1) is 0 Å². The lowest BCUT2D eigenvalue weighted by molar-refractivity contribution is 0.290. The van der Waals surface area contributed by atoms with Gasteiger partial charge in [0.2, 0.25) is 0 Å². The van der Waals surface area contributed by atoms with Gasteiger partial charge in [-0.15, -0.1) is 0 Å². The van der Waals surface area contributed by atoms with Gasteiger partial charge in [-0.25, -0.2) is 0 Å². The van der Waals surface area contributed by atoms with E-state index in [2.05, 4.69) is 48.3 Å². The van der Waals surface area contributed by atoms with Crippen LogP contribution in [0.15, 0.2) is 24.3 Å². The molecule has 2 aliphatic rings. The van der Waals surface area contributed by atoms with Gasteiger partial charge in [0.25, 0.3) is 0 Å². The van der Waals surface area contributed by atoms with E-state index in [0.29, 0.717) is 0 Å². The number of nitrogens with one attached hydrogen (secondary N) is 1. The smallest absolute Gasteiger partial charge is 0.0172 e. The molecule has 1 aromatic rings. The maximum Gasteiger partial charge on any atom is 0.0172 e. The van der Waals surface area contributed by atoms with Crippen molar-refractivity contribution >= 4 is 11.8 Å². The molecule has 0 aromatic heterocycles. The molecule has 1 saturated carbocycles. The predicted octanol–water partition coefficient (Wildman–Crippen LogP) is 4.12. The van der Waals surface area contributed by atoms with Crippen molar-refractivity contribution in [3.8, 4) is 0 Å². The van der Waals surface area contributed by atoms with E-state index in [9.17, 15) is 0 Å². The summed E-state index contributed by atoms with van der Waals surface area (Å²) < 4.78 is 0. The molecule has 2 heteroatoms. The van der Waals surface area contributed by atoms with Crippen molar-refractivity contribution in [2.24, 2.45) is 0 Å². The van der Waals surface area contributed by atoms with Crippen molar-refractivity contribution in [1.29, 1.82) is 0 Å². The quantitative estimate of drug-likeness (QED) is 0.887. The first-order chi connectivity index (χ1) is 9.31. The summed E-state index contributed by atoms with van der Waals surface area (Å²) in [6, 6.07) is 9.82. The summed E-state index contributed by atoms with van der Waals surface area (Å²) in [7, 11) is 0. The predicted molar refractivity (Wildman–Crippen MR) is 85.0 cm³/mol. The normalized spacial score (nSPS) is 30.9. The minimum Gasteiger partial charge on any atom is -0.313 e. The molecule has 1 aliphatic carbocycles. The van der Waals surface area contributed by atoms with Crippen LogP contribution in [0.25, 0.3) is 0 Å². The number of aryl methyl sites for hydroxylation is 1.